The largest absolute Gasteiger partial charge is 0.379 e. The average Bonchev–Trinajstić information content (AvgIpc) is 2.42. The van der Waals surface area contributed by atoms with Gasteiger partial charge in [-0.15, -0.1) is 0 Å². The van der Waals surface area contributed by atoms with Crippen LogP contribution in [-0.4, -0.2) is 63.8 Å². The van der Waals surface area contributed by atoms with E-state index in [2.05, 4.69) is 32.6 Å². The molecule has 0 aromatic rings. The summed E-state index contributed by atoms with van der Waals surface area (Å²) in [5, 5.41) is 0. The number of morpholine rings is 1. The highest BCUT2D eigenvalue weighted by molar-refractivity contribution is 4.61. The Morgan fingerprint density at radius 3 is 1.71 bits per heavy atom. The van der Waals surface area contributed by atoms with E-state index in [0.29, 0.717) is 0 Å². The van der Waals surface area contributed by atoms with Crippen LogP contribution in [0, 0.1) is 5.92 Å². The minimum atomic E-state index is 0.853. The lowest BCUT2D eigenvalue weighted by molar-refractivity contribution is 0.0368. The zero-order valence-corrected chi connectivity index (χ0v) is 16.5. The first-order valence-electron chi connectivity index (χ1n) is 8.84. The Morgan fingerprint density at radius 1 is 1.00 bits per heavy atom. The fraction of sp³-hybridized carbons (Fsp3) is 1.00. The normalized spacial score (nSPS) is 14.4. The maximum absolute atomic E-state index is 5.29. The van der Waals surface area contributed by atoms with Gasteiger partial charge in [-0.1, -0.05) is 48.0 Å². The van der Waals surface area contributed by atoms with Gasteiger partial charge in [-0.3, -0.25) is 4.90 Å². The first-order valence-corrected chi connectivity index (χ1v) is 8.84. The topological polar surface area (TPSA) is 15.7 Å². The number of rotatable bonds is 4. The van der Waals surface area contributed by atoms with Gasteiger partial charge in [0.2, 0.25) is 0 Å². The van der Waals surface area contributed by atoms with Gasteiger partial charge < -0.3 is 9.64 Å². The second kappa shape index (κ2) is 22.2. The van der Waals surface area contributed by atoms with Crippen LogP contribution in [0.1, 0.15) is 60.8 Å². The van der Waals surface area contributed by atoms with Gasteiger partial charge in [0.05, 0.1) is 13.2 Å². The fourth-order valence-electron chi connectivity index (χ4n) is 1.55. The summed E-state index contributed by atoms with van der Waals surface area (Å²) < 4.78 is 5.29. The van der Waals surface area contributed by atoms with Crippen molar-refractivity contribution >= 4 is 0 Å². The number of nitrogens with zero attached hydrogens (tertiary/aromatic N) is 2. The number of ether oxygens (including phenoxy) is 1. The molecule has 0 bridgehead atoms. The molecule has 1 aliphatic rings. The molecule has 0 saturated carbocycles. The van der Waals surface area contributed by atoms with Crippen molar-refractivity contribution in [3.63, 3.8) is 0 Å². The molecule has 1 saturated heterocycles. The summed E-state index contributed by atoms with van der Waals surface area (Å²) in [5.74, 6) is 0.853. The molecule has 1 heterocycles. The molecule has 0 aromatic carbocycles. The number of hydrogen-bond acceptors (Lipinski definition) is 3. The predicted octanol–water partition coefficient (Wildman–Crippen LogP) is 4.38. The lowest BCUT2D eigenvalue weighted by Crippen LogP contribution is -2.36. The van der Waals surface area contributed by atoms with Gasteiger partial charge in [0.1, 0.15) is 0 Å². The van der Waals surface area contributed by atoms with Gasteiger partial charge in [-0.25, -0.2) is 0 Å². The standard InChI is InChI=1S/C10H21NO.C3H9N.C3H8.C2H6/c1-10(2)4-3-5-11-6-8-12-9-7-11;1-4(2)3;1-3-2;1-2/h10H,3-9H2,1-2H3;1-3H3;3H2,1-2H3;1-2H3. The maximum atomic E-state index is 5.29. The first kappa shape index (κ1) is 25.8. The third-order valence-corrected chi connectivity index (χ3v) is 2.36. The second-order valence-electron chi connectivity index (χ2n) is 6.04. The fourth-order valence-corrected chi connectivity index (χ4v) is 1.55. The Bertz CT molecular complexity index is 153. The Labute approximate surface area is 136 Å². The quantitative estimate of drug-likeness (QED) is 0.767. The van der Waals surface area contributed by atoms with Gasteiger partial charge in [0.15, 0.2) is 0 Å². The highest BCUT2D eigenvalue weighted by Crippen LogP contribution is 2.05. The smallest absolute Gasteiger partial charge is 0.0594 e. The molecule has 0 unspecified atom stereocenters. The van der Waals surface area contributed by atoms with Crippen LogP contribution in [0.15, 0.2) is 0 Å². The Balaban J connectivity index is -0.000000301. The van der Waals surface area contributed by atoms with E-state index in [0.717, 1.165) is 32.2 Å². The minimum absolute atomic E-state index is 0.853. The number of hydrogen-bond donors (Lipinski definition) is 0. The molecule has 0 aliphatic carbocycles. The van der Waals surface area contributed by atoms with E-state index >= 15 is 0 Å². The van der Waals surface area contributed by atoms with Gasteiger partial charge in [-0.2, -0.15) is 0 Å². The van der Waals surface area contributed by atoms with Crippen molar-refractivity contribution in [2.24, 2.45) is 5.92 Å². The summed E-state index contributed by atoms with van der Waals surface area (Å²) >= 11 is 0. The van der Waals surface area contributed by atoms with Crippen LogP contribution in [0.25, 0.3) is 0 Å². The van der Waals surface area contributed by atoms with Gasteiger partial charge in [0.25, 0.3) is 0 Å². The zero-order chi connectivity index (χ0) is 17.1. The molecule has 0 spiro atoms. The molecule has 1 aliphatic heterocycles. The molecule has 3 nitrogen and oxygen atoms in total. The minimum Gasteiger partial charge on any atom is -0.379 e. The third kappa shape index (κ3) is 33.0. The molecule has 1 rings (SSSR count). The highest BCUT2D eigenvalue weighted by Gasteiger charge is 2.09. The van der Waals surface area contributed by atoms with Crippen LogP contribution in [0.5, 0.6) is 0 Å². The zero-order valence-electron chi connectivity index (χ0n) is 16.5. The van der Waals surface area contributed by atoms with E-state index in [-0.39, 0.29) is 0 Å². The molecule has 0 aromatic heterocycles. The summed E-state index contributed by atoms with van der Waals surface area (Å²) in [4.78, 5) is 4.51. The second-order valence-corrected chi connectivity index (χ2v) is 6.04. The Morgan fingerprint density at radius 2 is 1.38 bits per heavy atom. The van der Waals surface area contributed by atoms with Crippen LogP contribution in [-0.2, 0) is 4.74 Å². The van der Waals surface area contributed by atoms with Gasteiger partial charge in [0, 0.05) is 13.1 Å². The Hall–Kier alpha value is -0.120. The molecule has 0 atom stereocenters. The molecule has 0 N–H and O–H groups in total. The van der Waals surface area contributed by atoms with Crippen molar-refractivity contribution < 1.29 is 4.74 Å². The third-order valence-electron chi connectivity index (χ3n) is 2.36. The summed E-state index contributed by atoms with van der Waals surface area (Å²) in [6.07, 6.45) is 3.95. The highest BCUT2D eigenvalue weighted by atomic mass is 16.5. The lowest BCUT2D eigenvalue weighted by atomic mass is 10.1. The lowest BCUT2D eigenvalue weighted by Gasteiger charge is -2.26. The van der Waals surface area contributed by atoms with E-state index in [1.807, 2.05) is 39.9 Å². The van der Waals surface area contributed by atoms with Crippen molar-refractivity contribution in [1.29, 1.82) is 0 Å². The monoisotopic (exact) mass is 304 g/mol. The van der Waals surface area contributed by atoms with E-state index in [4.69, 9.17) is 4.74 Å². The molecule has 3 heteroatoms. The van der Waals surface area contributed by atoms with Gasteiger partial charge in [-0.05, 0) is 46.4 Å². The van der Waals surface area contributed by atoms with Crippen molar-refractivity contribution in [2.75, 3.05) is 54.0 Å². The summed E-state index contributed by atoms with van der Waals surface area (Å²) in [5.41, 5.74) is 0. The van der Waals surface area contributed by atoms with Crippen molar-refractivity contribution in [2.45, 2.75) is 60.8 Å². The van der Waals surface area contributed by atoms with Crippen molar-refractivity contribution in [1.82, 2.24) is 9.80 Å². The Kier molecular flexibility index (Phi) is 27.2. The first-order chi connectivity index (χ1) is 9.93. The van der Waals surface area contributed by atoms with E-state index in [1.165, 1.54) is 25.8 Å². The summed E-state index contributed by atoms with van der Waals surface area (Å²) in [7, 11) is 6.00. The molecular formula is C18H44N2O. The molecule has 132 valence electrons. The molecule has 0 amide bonds. The van der Waals surface area contributed by atoms with Crippen molar-refractivity contribution in [3.05, 3.63) is 0 Å². The van der Waals surface area contributed by atoms with E-state index in [1.54, 1.807) is 0 Å². The summed E-state index contributed by atoms with van der Waals surface area (Å²) in [6.45, 7) is 18.2. The molecule has 0 radical (unpaired) electrons. The van der Waals surface area contributed by atoms with Crippen LogP contribution in [0.2, 0.25) is 0 Å². The van der Waals surface area contributed by atoms with Crippen LogP contribution >= 0.6 is 0 Å². The van der Waals surface area contributed by atoms with Gasteiger partial charge >= 0.3 is 0 Å². The van der Waals surface area contributed by atoms with E-state index < -0.39 is 0 Å². The van der Waals surface area contributed by atoms with Crippen LogP contribution in [0.3, 0.4) is 0 Å². The average molecular weight is 305 g/mol. The van der Waals surface area contributed by atoms with Crippen LogP contribution in [0.4, 0.5) is 0 Å². The molecule has 1 fully saturated rings. The predicted molar refractivity (Wildman–Crippen MR) is 98.3 cm³/mol. The van der Waals surface area contributed by atoms with Crippen LogP contribution < -0.4 is 0 Å². The SMILES string of the molecule is CC.CC(C)CCCN1CCOCC1.CCC.CN(C)C. The molecule has 21 heavy (non-hydrogen) atoms. The maximum Gasteiger partial charge on any atom is 0.0594 e. The van der Waals surface area contributed by atoms with E-state index in [9.17, 15) is 0 Å². The summed E-state index contributed by atoms with van der Waals surface area (Å²) in [6, 6.07) is 0. The van der Waals surface area contributed by atoms with Crippen molar-refractivity contribution in [3.8, 4) is 0 Å². The molecular weight excluding hydrogens is 260 g/mol.